The van der Waals surface area contributed by atoms with Gasteiger partial charge < -0.3 is 5.11 Å². The number of carbonyl (C=O) groups is 1. The number of rotatable bonds is 2. The minimum Gasteiger partial charge on any atom is -0.480 e. The molecule has 1 aromatic heterocycles. The van der Waals surface area contributed by atoms with Gasteiger partial charge in [-0.2, -0.15) is 5.10 Å². The van der Waals surface area contributed by atoms with Crippen LogP contribution in [0.2, 0.25) is 0 Å². The summed E-state index contributed by atoms with van der Waals surface area (Å²) in [6, 6.07) is 1.85. The van der Waals surface area contributed by atoms with Crippen LogP contribution in [0.25, 0.3) is 0 Å². The molecule has 0 saturated heterocycles. The SMILES string of the molecule is CC.Cc1cc(C)n(CC(=O)O)n1. The predicted octanol–water partition coefficient (Wildman–Crippen LogP) is 1.61. The summed E-state index contributed by atoms with van der Waals surface area (Å²) in [5.41, 5.74) is 1.73. The Balaban J connectivity index is 0.000000671. The summed E-state index contributed by atoms with van der Waals surface area (Å²) in [4.78, 5) is 10.3. The lowest BCUT2D eigenvalue weighted by molar-refractivity contribution is -0.137. The average Bonchev–Trinajstić information content (AvgIpc) is 2.33. The fraction of sp³-hybridized carbons (Fsp3) is 0.556. The van der Waals surface area contributed by atoms with Gasteiger partial charge in [0.15, 0.2) is 0 Å². The summed E-state index contributed by atoms with van der Waals surface area (Å²) in [6.45, 7) is 7.62. The van der Waals surface area contributed by atoms with Gasteiger partial charge in [-0.05, 0) is 19.9 Å². The Morgan fingerprint density at radius 1 is 1.54 bits per heavy atom. The quantitative estimate of drug-likeness (QED) is 0.759. The highest BCUT2D eigenvalue weighted by Crippen LogP contribution is 2.00. The van der Waals surface area contributed by atoms with E-state index in [1.54, 1.807) is 0 Å². The molecule has 0 aliphatic rings. The van der Waals surface area contributed by atoms with E-state index in [2.05, 4.69) is 5.10 Å². The van der Waals surface area contributed by atoms with Gasteiger partial charge in [-0.1, -0.05) is 13.8 Å². The summed E-state index contributed by atoms with van der Waals surface area (Å²) < 4.78 is 1.47. The maximum atomic E-state index is 10.3. The van der Waals surface area contributed by atoms with Crippen LogP contribution in [-0.2, 0) is 11.3 Å². The molecule has 0 radical (unpaired) electrons. The zero-order valence-corrected chi connectivity index (χ0v) is 8.53. The molecule has 0 bridgehead atoms. The van der Waals surface area contributed by atoms with Crippen LogP contribution in [0.5, 0.6) is 0 Å². The topological polar surface area (TPSA) is 55.1 Å². The summed E-state index contributed by atoms with van der Waals surface area (Å²) in [5.74, 6) is -0.865. The second-order valence-electron chi connectivity index (χ2n) is 2.48. The molecule has 13 heavy (non-hydrogen) atoms. The number of aliphatic carboxylic acids is 1. The lowest BCUT2D eigenvalue weighted by Gasteiger charge is -1.97. The molecule has 0 aliphatic carbocycles. The summed E-state index contributed by atoms with van der Waals surface area (Å²) in [7, 11) is 0. The van der Waals surface area contributed by atoms with Gasteiger partial charge in [-0.25, -0.2) is 0 Å². The van der Waals surface area contributed by atoms with E-state index in [4.69, 9.17) is 5.11 Å². The van der Waals surface area contributed by atoms with Crippen molar-refractivity contribution in [1.29, 1.82) is 0 Å². The Bertz CT molecular complexity index is 279. The van der Waals surface area contributed by atoms with Crippen molar-refractivity contribution < 1.29 is 9.90 Å². The van der Waals surface area contributed by atoms with Gasteiger partial charge in [0.25, 0.3) is 0 Å². The second-order valence-corrected chi connectivity index (χ2v) is 2.48. The van der Waals surface area contributed by atoms with Gasteiger partial charge in [0.2, 0.25) is 0 Å². The number of aryl methyl sites for hydroxylation is 2. The van der Waals surface area contributed by atoms with E-state index in [1.165, 1.54) is 4.68 Å². The molecule has 4 heteroatoms. The molecule has 0 spiro atoms. The molecule has 74 valence electrons. The molecular weight excluding hydrogens is 168 g/mol. The second kappa shape index (κ2) is 5.35. The van der Waals surface area contributed by atoms with E-state index >= 15 is 0 Å². The van der Waals surface area contributed by atoms with Gasteiger partial charge in [0, 0.05) is 5.69 Å². The van der Waals surface area contributed by atoms with E-state index in [0.717, 1.165) is 11.4 Å². The van der Waals surface area contributed by atoms with Gasteiger partial charge in [-0.3, -0.25) is 9.48 Å². The predicted molar refractivity (Wildman–Crippen MR) is 50.7 cm³/mol. The average molecular weight is 184 g/mol. The highest BCUT2D eigenvalue weighted by Gasteiger charge is 2.03. The van der Waals surface area contributed by atoms with Crippen LogP contribution in [0.1, 0.15) is 25.2 Å². The summed E-state index contributed by atoms with van der Waals surface area (Å²) in [6.07, 6.45) is 0. The standard InChI is InChI=1S/C7H10N2O2.C2H6/c1-5-3-6(2)9(8-5)4-7(10)11;1-2/h3H,4H2,1-2H3,(H,10,11);1-2H3. The molecule has 0 fully saturated rings. The number of hydrogen-bond donors (Lipinski definition) is 1. The zero-order chi connectivity index (χ0) is 10.4. The minimum atomic E-state index is -0.865. The van der Waals surface area contributed by atoms with Crippen molar-refractivity contribution >= 4 is 5.97 Å². The molecular formula is C9H16N2O2. The van der Waals surface area contributed by atoms with E-state index < -0.39 is 5.97 Å². The Morgan fingerprint density at radius 3 is 2.38 bits per heavy atom. The Labute approximate surface area is 78.2 Å². The van der Waals surface area contributed by atoms with Crippen molar-refractivity contribution in [3.05, 3.63) is 17.5 Å². The molecule has 0 saturated carbocycles. The van der Waals surface area contributed by atoms with Crippen LogP contribution in [0.15, 0.2) is 6.07 Å². The third kappa shape index (κ3) is 3.73. The Kier molecular flexibility index (Phi) is 4.80. The van der Waals surface area contributed by atoms with Crippen LogP contribution in [-0.4, -0.2) is 20.9 Å². The molecule has 1 heterocycles. The van der Waals surface area contributed by atoms with Gasteiger partial charge in [0.05, 0.1) is 5.69 Å². The van der Waals surface area contributed by atoms with Crippen LogP contribution in [0.4, 0.5) is 0 Å². The normalized spacial score (nSPS) is 8.92. The maximum absolute atomic E-state index is 10.3. The van der Waals surface area contributed by atoms with Gasteiger partial charge >= 0.3 is 5.97 Å². The van der Waals surface area contributed by atoms with Gasteiger partial charge in [0.1, 0.15) is 6.54 Å². The van der Waals surface area contributed by atoms with Crippen molar-refractivity contribution in [3.8, 4) is 0 Å². The van der Waals surface area contributed by atoms with Crippen LogP contribution >= 0.6 is 0 Å². The maximum Gasteiger partial charge on any atom is 0.325 e. The first-order chi connectivity index (χ1) is 6.09. The molecule has 0 unspecified atom stereocenters. The lowest BCUT2D eigenvalue weighted by atomic mass is 10.4. The van der Waals surface area contributed by atoms with Crippen molar-refractivity contribution in [1.82, 2.24) is 9.78 Å². The van der Waals surface area contributed by atoms with E-state index in [0.29, 0.717) is 0 Å². The Hall–Kier alpha value is -1.32. The molecule has 4 nitrogen and oxygen atoms in total. The van der Waals surface area contributed by atoms with Crippen LogP contribution in [0, 0.1) is 13.8 Å². The fourth-order valence-electron chi connectivity index (χ4n) is 0.963. The van der Waals surface area contributed by atoms with Crippen molar-refractivity contribution in [2.24, 2.45) is 0 Å². The van der Waals surface area contributed by atoms with Gasteiger partial charge in [-0.15, -0.1) is 0 Å². The highest BCUT2D eigenvalue weighted by molar-refractivity contribution is 5.66. The monoisotopic (exact) mass is 184 g/mol. The number of carboxylic acid groups (broad SMARTS) is 1. The molecule has 1 N–H and O–H groups in total. The Morgan fingerprint density at radius 2 is 2.08 bits per heavy atom. The van der Waals surface area contributed by atoms with Crippen molar-refractivity contribution in [2.75, 3.05) is 0 Å². The third-order valence-corrected chi connectivity index (χ3v) is 1.39. The first kappa shape index (κ1) is 11.7. The van der Waals surface area contributed by atoms with E-state index in [1.807, 2.05) is 33.8 Å². The molecule has 0 aromatic carbocycles. The molecule has 0 atom stereocenters. The van der Waals surface area contributed by atoms with E-state index in [9.17, 15) is 4.79 Å². The fourth-order valence-corrected chi connectivity index (χ4v) is 0.963. The van der Waals surface area contributed by atoms with Crippen LogP contribution in [0.3, 0.4) is 0 Å². The molecule has 1 aromatic rings. The molecule has 0 aliphatic heterocycles. The highest BCUT2D eigenvalue weighted by atomic mass is 16.4. The first-order valence-electron chi connectivity index (χ1n) is 4.32. The first-order valence-corrected chi connectivity index (χ1v) is 4.32. The van der Waals surface area contributed by atoms with Crippen molar-refractivity contribution in [3.63, 3.8) is 0 Å². The molecule has 0 amide bonds. The number of nitrogens with zero attached hydrogens (tertiary/aromatic N) is 2. The molecule has 1 rings (SSSR count). The summed E-state index contributed by atoms with van der Waals surface area (Å²) >= 11 is 0. The van der Waals surface area contributed by atoms with Crippen molar-refractivity contribution in [2.45, 2.75) is 34.2 Å². The number of hydrogen-bond acceptors (Lipinski definition) is 2. The largest absolute Gasteiger partial charge is 0.480 e. The minimum absolute atomic E-state index is 0.0559. The third-order valence-electron chi connectivity index (χ3n) is 1.39. The van der Waals surface area contributed by atoms with E-state index in [-0.39, 0.29) is 6.54 Å². The number of carboxylic acids is 1. The number of aromatic nitrogens is 2. The summed E-state index contributed by atoms with van der Waals surface area (Å²) in [5, 5.41) is 12.4. The lowest BCUT2D eigenvalue weighted by Crippen LogP contribution is -2.11. The smallest absolute Gasteiger partial charge is 0.325 e. The van der Waals surface area contributed by atoms with Crippen LogP contribution < -0.4 is 0 Å². The zero-order valence-electron chi connectivity index (χ0n) is 8.53.